The van der Waals surface area contributed by atoms with Gasteiger partial charge in [-0.1, -0.05) is 30.3 Å². The number of benzene rings is 2. The Balaban J connectivity index is 1.14. The number of likely N-dealkylation sites (tertiary alicyclic amines) is 1. The summed E-state index contributed by atoms with van der Waals surface area (Å²) in [4.78, 5) is 17.1. The molecule has 2 aromatic carbocycles. The molecule has 6 rings (SSSR count). The highest BCUT2D eigenvalue weighted by atomic mass is 16.5. The van der Waals surface area contributed by atoms with Crippen molar-refractivity contribution in [1.82, 2.24) is 4.90 Å². The van der Waals surface area contributed by atoms with Crippen LogP contribution < -0.4 is 15.0 Å². The number of fused-ring (bicyclic) bond motifs is 4. The van der Waals surface area contributed by atoms with E-state index in [9.17, 15) is 4.79 Å². The number of ether oxygens (including phenoxy) is 1. The Kier molecular flexibility index (Phi) is 4.05. The van der Waals surface area contributed by atoms with Crippen LogP contribution in [-0.4, -0.2) is 49.6 Å². The van der Waals surface area contributed by atoms with E-state index in [0.717, 1.165) is 63.4 Å². The molecule has 0 saturated carbocycles. The average molecular weight is 389 g/mol. The van der Waals surface area contributed by atoms with Gasteiger partial charge in [-0.05, 0) is 48.6 Å². The van der Waals surface area contributed by atoms with Crippen LogP contribution in [-0.2, 0) is 17.6 Å². The van der Waals surface area contributed by atoms with Crippen molar-refractivity contribution in [3.05, 3.63) is 53.1 Å². The summed E-state index contributed by atoms with van der Waals surface area (Å²) in [6.45, 7) is 4.67. The molecule has 0 aromatic heterocycles. The Bertz CT molecular complexity index is 973. The summed E-state index contributed by atoms with van der Waals surface area (Å²) in [6.07, 6.45) is 4.43. The fraction of sp³-hybridized carbons (Fsp3) is 0.458. The Labute approximate surface area is 171 Å². The van der Waals surface area contributed by atoms with Crippen LogP contribution in [0.25, 0.3) is 0 Å². The van der Waals surface area contributed by atoms with Gasteiger partial charge in [-0.2, -0.15) is 0 Å². The molecule has 2 aromatic rings. The molecule has 0 radical (unpaired) electrons. The number of para-hydroxylation sites is 2. The standard InChI is InChI=1S/C24H27N3O2/c28-22-15-27-21-9-12-26(14-19(21)18-7-2-8-20(25-22)23(18)27)11-3-6-16-4-1-5-17-10-13-29-24(16)17/h1-2,4-5,7-8,19,21H,3,6,9-15H2,(H,25,28)/t19-,21-/m1/s1. The molecule has 0 aliphatic carbocycles. The molecule has 2 atom stereocenters. The van der Waals surface area contributed by atoms with Crippen molar-refractivity contribution < 1.29 is 9.53 Å². The zero-order valence-electron chi connectivity index (χ0n) is 16.7. The van der Waals surface area contributed by atoms with E-state index in [0.29, 0.717) is 18.5 Å². The molecule has 4 heterocycles. The Hall–Kier alpha value is -2.53. The van der Waals surface area contributed by atoms with Crippen molar-refractivity contribution in [3.63, 3.8) is 0 Å². The van der Waals surface area contributed by atoms with E-state index in [-0.39, 0.29) is 5.91 Å². The van der Waals surface area contributed by atoms with Crippen molar-refractivity contribution in [2.45, 2.75) is 37.6 Å². The molecular weight excluding hydrogens is 362 g/mol. The quantitative estimate of drug-likeness (QED) is 0.872. The number of anilines is 2. The second-order valence-electron chi connectivity index (χ2n) is 8.79. The minimum absolute atomic E-state index is 0.121. The van der Waals surface area contributed by atoms with Gasteiger partial charge in [-0.25, -0.2) is 0 Å². The van der Waals surface area contributed by atoms with Crippen molar-refractivity contribution in [1.29, 1.82) is 0 Å². The number of rotatable bonds is 4. The molecule has 0 bridgehead atoms. The SMILES string of the molecule is O=C1CN2c3c(cccc3[C@H]3CN(CCCc4cccc5c4OCC5)CC[C@H]32)N1. The minimum atomic E-state index is 0.121. The van der Waals surface area contributed by atoms with Crippen LogP contribution in [0, 0.1) is 0 Å². The van der Waals surface area contributed by atoms with Crippen molar-refractivity contribution in [2.24, 2.45) is 0 Å². The number of piperidine rings is 1. The topological polar surface area (TPSA) is 44.8 Å². The first-order valence-electron chi connectivity index (χ1n) is 10.9. The molecular formula is C24H27N3O2. The number of amides is 1. The third-order valence-corrected chi connectivity index (χ3v) is 7.12. The van der Waals surface area contributed by atoms with E-state index in [1.165, 1.54) is 22.4 Å². The second kappa shape index (κ2) is 6.77. The van der Waals surface area contributed by atoms with Gasteiger partial charge in [0, 0.05) is 31.5 Å². The summed E-state index contributed by atoms with van der Waals surface area (Å²) >= 11 is 0. The van der Waals surface area contributed by atoms with E-state index < -0.39 is 0 Å². The molecule has 1 amide bonds. The average Bonchev–Trinajstić information content (AvgIpc) is 3.33. The summed E-state index contributed by atoms with van der Waals surface area (Å²) < 4.78 is 5.87. The molecule has 4 aliphatic rings. The summed E-state index contributed by atoms with van der Waals surface area (Å²) in [7, 11) is 0. The monoisotopic (exact) mass is 389 g/mol. The molecule has 0 unspecified atom stereocenters. The van der Waals surface area contributed by atoms with Crippen molar-refractivity contribution in [2.75, 3.05) is 43.0 Å². The van der Waals surface area contributed by atoms with Crippen LogP contribution in [0.4, 0.5) is 11.4 Å². The van der Waals surface area contributed by atoms with Gasteiger partial charge >= 0.3 is 0 Å². The summed E-state index contributed by atoms with van der Waals surface area (Å²) in [5.41, 5.74) is 6.44. The van der Waals surface area contributed by atoms with Crippen LogP contribution in [0.1, 0.15) is 35.4 Å². The lowest BCUT2D eigenvalue weighted by molar-refractivity contribution is -0.115. The van der Waals surface area contributed by atoms with E-state index in [1.807, 2.05) is 6.07 Å². The molecule has 1 saturated heterocycles. The molecule has 5 heteroatoms. The Morgan fingerprint density at radius 3 is 3.07 bits per heavy atom. The van der Waals surface area contributed by atoms with Crippen LogP contribution in [0.2, 0.25) is 0 Å². The third kappa shape index (κ3) is 2.83. The zero-order chi connectivity index (χ0) is 19.4. The lowest BCUT2D eigenvalue weighted by atomic mass is 9.89. The van der Waals surface area contributed by atoms with Gasteiger partial charge in [0.2, 0.25) is 5.91 Å². The normalized spacial score (nSPS) is 24.6. The van der Waals surface area contributed by atoms with Crippen LogP contribution in [0.5, 0.6) is 5.75 Å². The fourth-order valence-electron chi connectivity index (χ4n) is 5.85. The molecule has 29 heavy (non-hydrogen) atoms. The van der Waals surface area contributed by atoms with Crippen LogP contribution >= 0.6 is 0 Å². The lowest BCUT2D eigenvalue weighted by Gasteiger charge is -2.39. The Morgan fingerprint density at radius 1 is 1.17 bits per heavy atom. The zero-order valence-corrected chi connectivity index (χ0v) is 16.7. The second-order valence-corrected chi connectivity index (χ2v) is 8.79. The molecule has 1 fully saturated rings. The maximum absolute atomic E-state index is 12.1. The predicted molar refractivity (Wildman–Crippen MR) is 114 cm³/mol. The molecule has 150 valence electrons. The third-order valence-electron chi connectivity index (χ3n) is 7.12. The maximum Gasteiger partial charge on any atom is 0.243 e. The summed E-state index contributed by atoms with van der Waals surface area (Å²) in [6, 6.07) is 13.5. The smallest absolute Gasteiger partial charge is 0.243 e. The van der Waals surface area contributed by atoms with Gasteiger partial charge in [0.25, 0.3) is 0 Å². The highest BCUT2D eigenvalue weighted by Gasteiger charge is 2.45. The van der Waals surface area contributed by atoms with Gasteiger partial charge < -0.3 is 19.9 Å². The first-order chi connectivity index (χ1) is 14.3. The maximum atomic E-state index is 12.1. The summed E-state index contributed by atoms with van der Waals surface area (Å²) in [5, 5.41) is 3.06. The van der Waals surface area contributed by atoms with Gasteiger partial charge in [-0.15, -0.1) is 0 Å². The largest absolute Gasteiger partial charge is 0.493 e. The van der Waals surface area contributed by atoms with E-state index in [4.69, 9.17) is 4.74 Å². The van der Waals surface area contributed by atoms with Gasteiger partial charge in [0.1, 0.15) is 5.75 Å². The Morgan fingerprint density at radius 2 is 2.10 bits per heavy atom. The minimum Gasteiger partial charge on any atom is -0.493 e. The number of carbonyl (C=O) groups is 1. The number of hydrogen-bond donors (Lipinski definition) is 1. The van der Waals surface area contributed by atoms with Crippen molar-refractivity contribution in [3.8, 4) is 5.75 Å². The number of nitrogens with one attached hydrogen (secondary N) is 1. The number of nitrogens with zero attached hydrogens (tertiary/aromatic N) is 2. The van der Waals surface area contributed by atoms with Gasteiger partial charge in [-0.3, -0.25) is 4.79 Å². The first kappa shape index (κ1) is 17.3. The van der Waals surface area contributed by atoms with E-state index in [2.05, 4.69) is 45.4 Å². The van der Waals surface area contributed by atoms with Crippen molar-refractivity contribution >= 4 is 17.3 Å². The highest BCUT2D eigenvalue weighted by molar-refractivity contribution is 6.03. The van der Waals surface area contributed by atoms with Gasteiger partial charge in [0.05, 0.1) is 24.5 Å². The van der Waals surface area contributed by atoms with Crippen LogP contribution in [0.15, 0.2) is 36.4 Å². The molecule has 1 N–H and O–H groups in total. The summed E-state index contributed by atoms with van der Waals surface area (Å²) in [5.74, 6) is 1.78. The molecule has 5 nitrogen and oxygen atoms in total. The highest BCUT2D eigenvalue weighted by Crippen LogP contribution is 2.49. The number of hydrogen-bond acceptors (Lipinski definition) is 4. The lowest BCUT2D eigenvalue weighted by Crippen LogP contribution is -2.49. The predicted octanol–water partition coefficient (Wildman–Crippen LogP) is 3.18. The molecule has 4 aliphatic heterocycles. The van der Waals surface area contributed by atoms with Gasteiger partial charge in [0.15, 0.2) is 0 Å². The van der Waals surface area contributed by atoms with E-state index in [1.54, 1.807) is 0 Å². The molecule has 0 spiro atoms. The fourth-order valence-corrected chi connectivity index (χ4v) is 5.85. The number of carbonyl (C=O) groups excluding carboxylic acids is 1. The van der Waals surface area contributed by atoms with Crippen LogP contribution in [0.3, 0.4) is 0 Å². The number of aryl methyl sites for hydroxylation is 1. The first-order valence-corrected chi connectivity index (χ1v) is 10.9. The van der Waals surface area contributed by atoms with E-state index >= 15 is 0 Å².